The lowest BCUT2D eigenvalue weighted by Gasteiger charge is -2.30. The van der Waals surface area contributed by atoms with E-state index in [1.807, 2.05) is 19.1 Å². The van der Waals surface area contributed by atoms with Crippen molar-refractivity contribution in [3.8, 4) is 22.8 Å². The van der Waals surface area contributed by atoms with E-state index in [9.17, 15) is 4.79 Å². The van der Waals surface area contributed by atoms with Crippen LogP contribution in [0.1, 0.15) is 44.3 Å². The quantitative estimate of drug-likeness (QED) is 0.659. The van der Waals surface area contributed by atoms with E-state index >= 15 is 0 Å². The molecular formula is C20H21N5O4. The fourth-order valence-electron chi connectivity index (χ4n) is 3.43. The van der Waals surface area contributed by atoms with Crippen LogP contribution in [-0.4, -0.2) is 49.8 Å². The van der Waals surface area contributed by atoms with Gasteiger partial charge in [0.25, 0.3) is 5.89 Å². The number of pyridine rings is 1. The molecule has 0 unspecified atom stereocenters. The lowest BCUT2D eigenvalue weighted by atomic mass is 9.96. The SMILES string of the molecule is CC1(OC(=O)N2CCC(c3noc(-c4ccnc(-c5cocn5)c4)n3)CC2)CC1. The van der Waals surface area contributed by atoms with Crippen LogP contribution in [0.4, 0.5) is 4.79 Å². The number of carbonyl (C=O) groups excluding carboxylic acids is 1. The fourth-order valence-corrected chi connectivity index (χ4v) is 3.43. The molecule has 0 bridgehead atoms. The molecule has 0 N–H and O–H groups in total. The van der Waals surface area contributed by atoms with Crippen molar-refractivity contribution >= 4 is 6.09 Å². The minimum absolute atomic E-state index is 0.157. The van der Waals surface area contributed by atoms with Crippen LogP contribution in [0.3, 0.4) is 0 Å². The van der Waals surface area contributed by atoms with Gasteiger partial charge in [0, 0.05) is 30.8 Å². The Morgan fingerprint density at radius 2 is 2.07 bits per heavy atom. The molecule has 2 aliphatic rings. The van der Waals surface area contributed by atoms with Gasteiger partial charge in [-0.1, -0.05) is 5.16 Å². The van der Waals surface area contributed by atoms with Crippen molar-refractivity contribution in [3.63, 3.8) is 0 Å². The van der Waals surface area contributed by atoms with Crippen molar-refractivity contribution < 1.29 is 18.5 Å². The second-order valence-electron chi connectivity index (χ2n) is 7.84. The van der Waals surface area contributed by atoms with Crippen LogP contribution in [0.25, 0.3) is 22.8 Å². The summed E-state index contributed by atoms with van der Waals surface area (Å²) >= 11 is 0. The summed E-state index contributed by atoms with van der Waals surface area (Å²) in [4.78, 5) is 27.0. The summed E-state index contributed by atoms with van der Waals surface area (Å²) in [6.45, 7) is 3.25. The Morgan fingerprint density at radius 3 is 2.79 bits per heavy atom. The van der Waals surface area contributed by atoms with E-state index < -0.39 is 0 Å². The Balaban J connectivity index is 1.24. The molecule has 3 aromatic rings. The van der Waals surface area contributed by atoms with Crippen LogP contribution in [0, 0.1) is 0 Å². The van der Waals surface area contributed by atoms with Crippen LogP contribution in [0.5, 0.6) is 0 Å². The lowest BCUT2D eigenvalue weighted by molar-refractivity contribution is 0.0518. The standard InChI is InChI=1S/C20H21N5O4/c1-20(5-6-20)28-19(26)25-8-3-13(4-9-25)17-23-18(29-24-17)14-2-7-21-15(10-14)16-11-27-12-22-16/h2,7,10-13H,3-6,8-9H2,1H3. The number of aromatic nitrogens is 4. The molecule has 4 heterocycles. The fraction of sp³-hybridized carbons (Fsp3) is 0.450. The number of carbonyl (C=O) groups is 1. The molecule has 3 aromatic heterocycles. The van der Waals surface area contributed by atoms with Crippen LogP contribution < -0.4 is 0 Å². The van der Waals surface area contributed by atoms with Crippen molar-refractivity contribution in [2.45, 2.75) is 44.1 Å². The molecule has 0 aromatic carbocycles. The second-order valence-corrected chi connectivity index (χ2v) is 7.84. The summed E-state index contributed by atoms with van der Waals surface area (Å²) in [5.41, 5.74) is 1.85. The van der Waals surface area contributed by atoms with Gasteiger partial charge in [-0.15, -0.1) is 0 Å². The predicted molar refractivity (Wildman–Crippen MR) is 101 cm³/mol. The first kappa shape index (κ1) is 17.8. The van der Waals surface area contributed by atoms with Gasteiger partial charge in [0.15, 0.2) is 12.2 Å². The van der Waals surface area contributed by atoms with Gasteiger partial charge in [-0.25, -0.2) is 9.78 Å². The Hall–Kier alpha value is -3.23. The minimum atomic E-state index is -0.244. The first-order valence-corrected chi connectivity index (χ1v) is 9.76. The van der Waals surface area contributed by atoms with Crippen molar-refractivity contribution in [1.29, 1.82) is 0 Å². The number of hydrogen-bond donors (Lipinski definition) is 0. The third kappa shape index (κ3) is 3.72. The normalized spacial score (nSPS) is 18.6. The largest absolute Gasteiger partial charge is 0.451 e. The number of oxazole rings is 1. The summed E-state index contributed by atoms with van der Waals surface area (Å²) in [5, 5.41) is 4.17. The van der Waals surface area contributed by atoms with Gasteiger partial charge >= 0.3 is 6.09 Å². The molecule has 150 valence electrons. The maximum Gasteiger partial charge on any atom is 0.410 e. The molecule has 1 amide bonds. The van der Waals surface area contributed by atoms with E-state index in [2.05, 4.69) is 20.1 Å². The van der Waals surface area contributed by atoms with E-state index in [-0.39, 0.29) is 17.6 Å². The molecule has 2 fully saturated rings. The highest BCUT2D eigenvalue weighted by Crippen LogP contribution is 2.39. The van der Waals surface area contributed by atoms with Gasteiger partial charge in [-0.2, -0.15) is 4.98 Å². The average Bonchev–Trinajstić information content (AvgIpc) is 3.18. The van der Waals surface area contributed by atoms with E-state index in [0.29, 0.717) is 36.2 Å². The van der Waals surface area contributed by atoms with Gasteiger partial charge in [0.2, 0.25) is 0 Å². The van der Waals surface area contributed by atoms with E-state index in [1.54, 1.807) is 11.1 Å². The molecule has 0 radical (unpaired) electrons. The highest BCUT2D eigenvalue weighted by atomic mass is 16.6. The second kappa shape index (κ2) is 6.98. The smallest absolute Gasteiger partial charge is 0.410 e. The zero-order valence-electron chi connectivity index (χ0n) is 16.1. The number of nitrogens with zero attached hydrogens (tertiary/aromatic N) is 5. The van der Waals surface area contributed by atoms with Crippen molar-refractivity contribution in [3.05, 3.63) is 36.8 Å². The molecule has 0 atom stereocenters. The molecule has 0 spiro atoms. The lowest BCUT2D eigenvalue weighted by Crippen LogP contribution is -2.40. The Morgan fingerprint density at radius 1 is 1.24 bits per heavy atom. The third-order valence-corrected chi connectivity index (χ3v) is 5.55. The maximum atomic E-state index is 12.3. The predicted octanol–water partition coefficient (Wildman–Crippen LogP) is 3.66. The monoisotopic (exact) mass is 395 g/mol. The highest BCUT2D eigenvalue weighted by Gasteiger charge is 2.43. The molecule has 1 saturated carbocycles. The third-order valence-electron chi connectivity index (χ3n) is 5.55. The first-order chi connectivity index (χ1) is 14.1. The van der Waals surface area contributed by atoms with E-state index in [0.717, 1.165) is 31.2 Å². The van der Waals surface area contributed by atoms with Gasteiger partial charge in [0.1, 0.15) is 17.6 Å². The summed E-state index contributed by atoms with van der Waals surface area (Å²) in [7, 11) is 0. The summed E-state index contributed by atoms with van der Waals surface area (Å²) in [6.07, 6.45) is 7.83. The summed E-state index contributed by atoms with van der Waals surface area (Å²) in [6, 6.07) is 3.66. The molecule has 5 rings (SSSR count). The zero-order chi connectivity index (χ0) is 19.8. The molecule has 9 heteroatoms. The number of ether oxygens (including phenoxy) is 1. The number of rotatable bonds is 4. The molecule has 1 aliphatic carbocycles. The van der Waals surface area contributed by atoms with Crippen LogP contribution in [-0.2, 0) is 4.74 Å². The molecule has 1 saturated heterocycles. The van der Waals surface area contributed by atoms with E-state index in [1.165, 1.54) is 12.7 Å². The van der Waals surface area contributed by atoms with Crippen LogP contribution in [0.2, 0.25) is 0 Å². The maximum absolute atomic E-state index is 12.3. The van der Waals surface area contributed by atoms with Crippen molar-refractivity contribution in [1.82, 2.24) is 25.0 Å². The molecule has 1 aliphatic heterocycles. The Bertz CT molecular complexity index is 1000. The van der Waals surface area contributed by atoms with Crippen LogP contribution in [0.15, 0.2) is 39.9 Å². The van der Waals surface area contributed by atoms with E-state index in [4.69, 9.17) is 13.7 Å². The number of hydrogen-bond acceptors (Lipinski definition) is 8. The van der Waals surface area contributed by atoms with Crippen molar-refractivity contribution in [2.24, 2.45) is 0 Å². The van der Waals surface area contributed by atoms with Crippen LogP contribution >= 0.6 is 0 Å². The van der Waals surface area contributed by atoms with Gasteiger partial charge in [-0.05, 0) is 44.7 Å². The molecule has 29 heavy (non-hydrogen) atoms. The first-order valence-electron chi connectivity index (χ1n) is 9.76. The Labute approximate surface area is 167 Å². The van der Waals surface area contributed by atoms with Gasteiger partial charge < -0.3 is 18.6 Å². The number of amides is 1. The number of piperidine rings is 1. The molecule has 9 nitrogen and oxygen atoms in total. The minimum Gasteiger partial charge on any atom is -0.451 e. The summed E-state index contributed by atoms with van der Waals surface area (Å²) in [5.74, 6) is 1.27. The summed E-state index contributed by atoms with van der Waals surface area (Å²) < 4.78 is 16.1. The molecular weight excluding hydrogens is 374 g/mol. The van der Waals surface area contributed by atoms with Crippen molar-refractivity contribution in [2.75, 3.05) is 13.1 Å². The zero-order valence-corrected chi connectivity index (χ0v) is 16.1. The Kier molecular flexibility index (Phi) is 4.30. The number of likely N-dealkylation sites (tertiary alicyclic amines) is 1. The van der Waals surface area contributed by atoms with Gasteiger partial charge in [0.05, 0.1) is 5.69 Å². The van der Waals surface area contributed by atoms with Gasteiger partial charge in [-0.3, -0.25) is 4.98 Å². The topological polar surface area (TPSA) is 107 Å². The average molecular weight is 395 g/mol. The highest BCUT2D eigenvalue weighted by molar-refractivity contribution is 5.68.